The van der Waals surface area contributed by atoms with Crippen molar-refractivity contribution in [3.63, 3.8) is 0 Å². The van der Waals surface area contributed by atoms with E-state index in [1.165, 1.54) is 0 Å². The highest BCUT2D eigenvalue weighted by molar-refractivity contribution is 5.54. The Balaban J connectivity index is 2.31. The normalized spacial score (nSPS) is 9.74. The number of rotatable bonds is 3. The zero-order chi connectivity index (χ0) is 13.8. The second kappa shape index (κ2) is 5.23. The molecule has 0 radical (unpaired) electrons. The summed E-state index contributed by atoms with van der Waals surface area (Å²) in [6.07, 6.45) is 1.60. The third-order valence-corrected chi connectivity index (χ3v) is 2.36. The monoisotopic (exact) mass is 255 g/mol. The SMILES string of the molecule is CN(C)c1nccc(Oc2ccc(N)cc2C#N)n1. The second-order valence-electron chi connectivity index (χ2n) is 4.06. The molecule has 1 aromatic heterocycles. The fourth-order valence-corrected chi connectivity index (χ4v) is 1.44. The van der Waals surface area contributed by atoms with E-state index < -0.39 is 0 Å². The molecule has 2 aromatic rings. The van der Waals surface area contributed by atoms with Gasteiger partial charge in [0.25, 0.3) is 0 Å². The van der Waals surface area contributed by atoms with E-state index in [-0.39, 0.29) is 0 Å². The van der Waals surface area contributed by atoms with Gasteiger partial charge in [-0.15, -0.1) is 0 Å². The van der Waals surface area contributed by atoms with Gasteiger partial charge < -0.3 is 15.4 Å². The lowest BCUT2D eigenvalue weighted by Crippen LogP contribution is -2.12. The molecule has 0 saturated heterocycles. The van der Waals surface area contributed by atoms with E-state index >= 15 is 0 Å². The molecule has 0 saturated carbocycles. The Bertz CT molecular complexity index is 633. The van der Waals surface area contributed by atoms with Crippen molar-refractivity contribution < 1.29 is 4.74 Å². The third kappa shape index (κ3) is 2.90. The molecule has 0 unspecified atom stereocenters. The molecular weight excluding hydrogens is 242 g/mol. The van der Waals surface area contributed by atoms with Crippen molar-refractivity contribution in [3.05, 3.63) is 36.0 Å². The number of hydrogen-bond acceptors (Lipinski definition) is 6. The largest absolute Gasteiger partial charge is 0.437 e. The fraction of sp³-hybridized carbons (Fsp3) is 0.154. The lowest BCUT2D eigenvalue weighted by molar-refractivity contribution is 0.460. The summed E-state index contributed by atoms with van der Waals surface area (Å²) < 4.78 is 5.59. The van der Waals surface area contributed by atoms with Crippen molar-refractivity contribution >= 4 is 11.6 Å². The Kier molecular flexibility index (Phi) is 3.48. The van der Waals surface area contributed by atoms with E-state index in [0.29, 0.717) is 28.8 Å². The van der Waals surface area contributed by atoms with Crippen LogP contribution < -0.4 is 15.4 Å². The average Bonchev–Trinajstić information content (AvgIpc) is 2.41. The molecule has 0 bridgehead atoms. The zero-order valence-electron chi connectivity index (χ0n) is 10.7. The van der Waals surface area contributed by atoms with Gasteiger partial charge >= 0.3 is 0 Å². The summed E-state index contributed by atoms with van der Waals surface area (Å²) >= 11 is 0. The standard InChI is InChI=1S/C13H13N5O/c1-18(2)13-16-6-5-12(17-13)19-11-4-3-10(15)7-9(11)8-14/h3-7H,15H2,1-2H3. The number of hydrogen-bond donors (Lipinski definition) is 1. The third-order valence-electron chi connectivity index (χ3n) is 2.36. The summed E-state index contributed by atoms with van der Waals surface area (Å²) in [5, 5.41) is 9.04. The lowest BCUT2D eigenvalue weighted by Gasteiger charge is -2.11. The van der Waals surface area contributed by atoms with E-state index in [1.54, 1.807) is 35.4 Å². The Morgan fingerprint density at radius 3 is 2.79 bits per heavy atom. The van der Waals surface area contributed by atoms with E-state index in [1.807, 2.05) is 20.2 Å². The van der Waals surface area contributed by atoms with Crippen LogP contribution in [0.2, 0.25) is 0 Å². The highest BCUT2D eigenvalue weighted by atomic mass is 16.5. The predicted molar refractivity (Wildman–Crippen MR) is 72.0 cm³/mol. The van der Waals surface area contributed by atoms with Gasteiger partial charge in [-0.25, -0.2) is 4.98 Å². The van der Waals surface area contributed by atoms with Gasteiger partial charge in [-0.3, -0.25) is 0 Å². The molecular formula is C13H13N5O. The number of ether oxygens (including phenoxy) is 1. The first-order valence-electron chi connectivity index (χ1n) is 5.58. The van der Waals surface area contributed by atoms with Gasteiger partial charge in [0, 0.05) is 32.0 Å². The number of nitriles is 1. The van der Waals surface area contributed by atoms with Crippen molar-refractivity contribution in [2.45, 2.75) is 0 Å². The maximum Gasteiger partial charge on any atom is 0.228 e. The Labute approximate surface area is 111 Å². The average molecular weight is 255 g/mol. The highest BCUT2D eigenvalue weighted by Gasteiger charge is 2.07. The molecule has 0 atom stereocenters. The van der Waals surface area contributed by atoms with Gasteiger partial charge in [-0.2, -0.15) is 10.2 Å². The summed E-state index contributed by atoms with van der Waals surface area (Å²) in [6, 6.07) is 8.54. The topological polar surface area (TPSA) is 88.1 Å². The van der Waals surface area contributed by atoms with E-state index in [4.69, 9.17) is 15.7 Å². The maximum absolute atomic E-state index is 9.04. The van der Waals surface area contributed by atoms with E-state index in [0.717, 1.165) is 0 Å². The summed E-state index contributed by atoms with van der Waals surface area (Å²) in [6.45, 7) is 0. The Hall–Kier alpha value is -2.81. The van der Waals surface area contributed by atoms with E-state index in [2.05, 4.69) is 9.97 Å². The Morgan fingerprint density at radius 1 is 1.32 bits per heavy atom. The maximum atomic E-state index is 9.04. The van der Waals surface area contributed by atoms with Gasteiger partial charge in [0.15, 0.2) is 0 Å². The number of aromatic nitrogens is 2. The number of nitrogen functional groups attached to an aromatic ring is 1. The van der Waals surface area contributed by atoms with Crippen molar-refractivity contribution in [3.8, 4) is 17.7 Å². The summed E-state index contributed by atoms with van der Waals surface area (Å²) in [7, 11) is 3.67. The first kappa shape index (κ1) is 12.6. The van der Waals surface area contributed by atoms with Crippen LogP contribution in [0.15, 0.2) is 30.5 Å². The summed E-state index contributed by atoms with van der Waals surface area (Å²) in [5.41, 5.74) is 6.50. The van der Waals surface area contributed by atoms with Gasteiger partial charge in [0.05, 0.1) is 5.56 Å². The van der Waals surface area contributed by atoms with Crippen LogP contribution >= 0.6 is 0 Å². The van der Waals surface area contributed by atoms with Crippen molar-refractivity contribution in [1.29, 1.82) is 5.26 Å². The lowest BCUT2D eigenvalue weighted by atomic mass is 10.2. The van der Waals surface area contributed by atoms with Crippen molar-refractivity contribution in [2.75, 3.05) is 24.7 Å². The van der Waals surface area contributed by atoms with Gasteiger partial charge in [-0.1, -0.05) is 0 Å². The molecule has 0 amide bonds. The van der Waals surface area contributed by atoms with Gasteiger partial charge in [0.2, 0.25) is 11.8 Å². The van der Waals surface area contributed by atoms with Crippen LogP contribution in [0.1, 0.15) is 5.56 Å². The summed E-state index contributed by atoms with van der Waals surface area (Å²) in [5.74, 6) is 1.33. The van der Waals surface area contributed by atoms with Crippen molar-refractivity contribution in [2.24, 2.45) is 0 Å². The predicted octanol–water partition coefficient (Wildman–Crippen LogP) is 1.79. The van der Waals surface area contributed by atoms with Crippen LogP contribution in [0.5, 0.6) is 11.6 Å². The highest BCUT2D eigenvalue weighted by Crippen LogP contribution is 2.25. The molecule has 96 valence electrons. The van der Waals surface area contributed by atoms with Gasteiger partial charge in [-0.05, 0) is 18.2 Å². The number of anilines is 2. The van der Waals surface area contributed by atoms with Crippen LogP contribution in [-0.4, -0.2) is 24.1 Å². The van der Waals surface area contributed by atoms with Crippen LogP contribution in [0.3, 0.4) is 0 Å². The molecule has 1 heterocycles. The molecule has 0 aliphatic carbocycles. The minimum atomic E-state index is 0.366. The minimum Gasteiger partial charge on any atom is -0.437 e. The molecule has 19 heavy (non-hydrogen) atoms. The first-order valence-corrected chi connectivity index (χ1v) is 5.58. The number of benzene rings is 1. The molecule has 2 N–H and O–H groups in total. The minimum absolute atomic E-state index is 0.366. The molecule has 6 heteroatoms. The van der Waals surface area contributed by atoms with E-state index in [9.17, 15) is 0 Å². The smallest absolute Gasteiger partial charge is 0.228 e. The fourth-order valence-electron chi connectivity index (χ4n) is 1.44. The summed E-state index contributed by atoms with van der Waals surface area (Å²) in [4.78, 5) is 10.1. The second-order valence-corrected chi connectivity index (χ2v) is 4.06. The van der Waals surface area contributed by atoms with Crippen LogP contribution in [0.25, 0.3) is 0 Å². The van der Waals surface area contributed by atoms with Crippen LogP contribution in [0.4, 0.5) is 11.6 Å². The quantitative estimate of drug-likeness (QED) is 0.841. The number of nitrogens with two attached hydrogens (primary N) is 1. The van der Waals surface area contributed by atoms with Crippen molar-refractivity contribution in [1.82, 2.24) is 9.97 Å². The van der Waals surface area contributed by atoms with Gasteiger partial charge in [0.1, 0.15) is 11.8 Å². The molecule has 6 nitrogen and oxygen atoms in total. The van der Waals surface area contributed by atoms with Crippen LogP contribution in [-0.2, 0) is 0 Å². The molecule has 0 aliphatic heterocycles. The molecule has 1 aromatic carbocycles. The van der Waals surface area contributed by atoms with Crippen LogP contribution in [0, 0.1) is 11.3 Å². The zero-order valence-corrected chi connectivity index (χ0v) is 10.7. The molecule has 0 spiro atoms. The molecule has 0 aliphatic rings. The molecule has 0 fully saturated rings. The Morgan fingerprint density at radius 2 is 2.11 bits per heavy atom. The molecule has 2 rings (SSSR count). The first-order chi connectivity index (χ1) is 9.10. The number of nitrogens with zero attached hydrogens (tertiary/aromatic N) is 4.